The van der Waals surface area contributed by atoms with Crippen LogP contribution >= 0.6 is 0 Å². The van der Waals surface area contributed by atoms with Gasteiger partial charge in [-0.2, -0.15) is 0 Å². The molecule has 17 heavy (non-hydrogen) atoms. The first-order valence-electron chi connectivity index (χ1n) is 5.84. The molecule has 1 unspecified atom stereocenters. The highest BCUT2D eigenvalue weighted by molar-refractivity contribution is 5.83. The quantitative estimate of drug-likeness (QED) is 0.768. The van der Waals surface area contributed by atoms with Gasteiger partial charge in [0.05, 0.1) is 0 Å². The lowest BCUT2D eigenvalue weighted by molar-refractivity contribution is -0.118. The van der Waals surface area contributed by atoms with Crippen LogP contribution in [0.3, 0.4) is 0 Å². The molecule has 0 aromatic heterocycles. The van der Waals surface area contributed by atoms with Crippen LogP contribution in [0.5, 0.6) is 0 Å². The molecule has 2 aromatic carbocycles. The number of ketones is 1. The summed E-state index contributed by atoms with van der Waals surface area (Å²) in [7, 11) is 0. The van der Waals surface area contributed by atoms with Gasteiger partial charge in [-0.05, 0) is 23.6 Å². The second-order valence-corrected chi connectivity index (χ2v) is 4.32. The fraction of sp³-hybridized carbons (Fsp3) is 0.188. The molecule has 0 N–H and O–H groups in total. The number of hydrogen-bond donors (Lipinski definition) is 0. The molecular formula is C16H16O. The van der Waals surface area contributed by atoms with E-state index in [2.05, 4.69) is 24.3 Å². The van der Waals surface area contributed by atoms with E-state index in [4.69, 9.17) is 0 Å². The Balaban J connectivity index is 2.28. The SMILES string of the molecule is CC(=O)C(C)c1ccc(-c2ccccc2)cc1. The summed E-state index contributed by atoms with van der Waals surface area (Å²) in [5, 5.41) is 0. The Kier molecular flexibility index (Phi) is 3.38. The first-order valence-corrected chi connectivity index (χ1v) is 5.84. The van der Waals surface area contributed by atoms with Crippen LogP contribution in [0, 0.1) is 0 Å². The zero-order valence-electron chi connectivity index (χ0n) is 10.2. The summed E-state index contributed by atoms with van der Waals surface area (Å²) in [4.78, 5) is 11.3. The van der Waals surface area contributed by atoms with Crippen LogP contribution in [0.2, 0.25) is 0 Å². The molecule has 2 rings (SSSR count). The second kappa shape index (κ2) is 4.96. The topological polar surface area (TPSA) is 17.1 Å². The van der Waals surface area contributed by atoms with Crippen molar-refractivity contribution in [3.8, 4) is 11.1 Å². The zero-order valence-corrected chi connectivity index (χ0v) is 10.2. The maximum absolute atomic E-state index is 11.3. The molecule has 1 heteroatoms. The van der Waals surface area contributed by atoms with Crippen LogP contribution in [-0.4, -0.2) is 5.78 Å². The van der Waals surface area contributed by atoms with Crippen molar-refractivity contribution < 1.29 is 4.79 Å². The molecule has 0 aliphatic rings. The predicted octanol–water partition coefficient (Wildman–Crippen LogP) is 4.05. The van der Waals surface area contributed by atoms with Crippen LogP contribution in [-0.2, 0) is 4.79 Å². The molecule has 0 heterocycles. The van der Waals surface area contributed by atoms with E-state index in [0.29, 0.717) is 0 Å². The average Bonchev–Trinajstić information content (AvgIpc) is 2.39. The van der Waals surface area contributed by atoms with Gasteiger partial charge < -0.3 is 0 Å². The number of benzene rings is 2. The van der Waals surface area contributed by atoms with Crippen LogP contribution in [0.25, 0.3) is 11.1 Å². The van der Waals surface area contributed by atoms with Crippen molar-refractivity contribution in [1.82, 2.24) is 0 Å². The first-order chi connectivity index (χ1) is 8.18. The summed E-state index contributed by atoms with van der Waals surface area (Å²) < 4.78 is 0. The Morgan fingerprint density at radius 3 is 1.94 bits per heavy atom. The highest BCUT2D eigenvalue weighted by Gasteiger charge is 2.09. The largest absolute Gasteiger partial charge is 0.299 e. The van der Waals surface area contributed by atoms with Crippen molar-refractivity contribution in [1.29, 1.82) is 0 Å². The summed E-state index contributed by atoms with van der Waals surface area (Å²) in [6, 6.07) is 18.5. The minimum atomic E-state index is -0.0141. The van der Waals surface area contributed by atoms with E-state index in [-0.39, 0.29) is 11.7 Å². The molecule has 1 nitrogen and oxygen atoms in total. The number of rotatable bonds is 3. The summed E-state index contributed by atoms with van der Waals surface area (Å²) in [5.41, 5.74) is 3.47. The van der Waals surface area contributed by atoms with Crippen LogP contribution in [0.4, 0.5) is 0 Å². The molecular weight excluding hydrogens is 208 g/mol. The normalized spacial score (nSPS) is 12.1. The number of Topliss-reactive ketones (excluding diaryl/α,β-unsaturated/α-hetero) is 1. The second-order valence-electron chi connectivity index (χ2n) is 4.32. The van der Waals surface area contributed by atoms with Crippen molar-refractivity contribution in [3.63, 3.8) is 0 Å². The van der Waals surface area contributed by atoms with Gasteiger partial charge in [-0.3, -0.25) is 4.79 Å². The molecule has 0 saturated carbocycles. The Labute approximate surface area is 102 Å². The maximum Gasteiger partial charge on any atom is 0.136 e. The van der Waals surface area contributed by atoms with Crippen molar-refractivity contribution in [3.05, 3.63) is 60.2 Å². The van der Waals surface area contributed by atoms with Crippen molar-refractivity contribution in [2.75, 3.05) is 0 Å². The molecule has 0 bridgehead atoms. The molecule has 0 amide bonds. The van der Waals surface area contributed by atoms with Crippen LogP contribution < -0.4 is 0 Å². The Hall–Kier alpha value is -1.89. The van der Waals surface area contributed by atoms with Crippen molar-refractivity contribution in [2.24, 2.45) is 0 Å². The van der Waals surface area contributed by atoms with E-state index in [1.54, 1.807) is 6.92 Å². The Morgan fingerprint density at radius 1 is 0.882 bits per heavy atom. The number of carbonyl (C=O) groups excluding carboxylic acids is 1. The zero-order chi connectivity index (χ0) is 12.3. The first kappa shape index (κ1) is 11.6. The van der Waals surface area contributed by atoms with E-state index in [1.165, 1.54) is 11.1 Å². The van der Waals surface area contributed by atoms with Gasteiger partial charge in [-0.1, -0.05) is 61.5 Å². The van der Waals surface area contributed by atoms with E-state index in [1.807, 2.05) is 37.3 Å². The molecule has 1 atom stereocenters. The van der Waals surface area contributed by atoms with Crippen LogP contribution in [0.15, 0.2) is 54.6 Å². The van der Waals surface area contributed by atoms with E-state index >= 15 is 0 Å². The smallest absolute Gasteiger partial charge is 0.136 e. The van der Waals surface area contributed by atoms with E-state index in [9.17, 15) is 4.79 Å². The lowest BCUT2D eigenvalue weighted by atomic mass is 9.95. The van der Waals surface area contributed by atoms with Crippen LogP contribution in [0.1, 0.15) is 25.3 Å². The summed E-state index contributed by atoms with van der Waals surface area (Å²) in [5.74, 6) is 0.192. The predicted molar refractivity (Wildman–Crippen MR) is 71.0 cm³/mol. The van der Waals surface area contributed by atoms with Gasteiger partial charge in [-0.15, -0.1) is 0 Å². The van der Waals surface area contributed by atoms with Gasteiger partial charge in [0.15, 0.2) is 0 Å². The summed E-state index contributed by atoms with van der Waals surface area (Å²) in [6.45, 7) is 3.58. The van der Waals surface area contributed by atoms with Crippen molar-refractivity contribution >= 4 is 5.78 Å². The molecule has 0 aliphatic carbocycles. The van der Waals surface area contributed by atoms with Gasteiger partial charge in [0, 0.05) is 5.92 Å². The maximum atomic E-state index is 11.3. The third-order valence-electron chi connectivity index (χ3n) is 3.13. The molecule has 0 aliphatic heterocycles. The van der Waals surface area contributed by atoms with E-state index < -0.39 is 0 Å². The third kappa shape index (κ3) is 2.62. The Bertz CT molecular complexity index is 497. The average molecular weight is 224 g/mol. The van der Waals surface area contributed by atoms with Gasteiger partial charge in [0.25, 0.3) is 0 Å². The minimum absolute atomic E-state index is 0.0141. The lowest BCUT2D eigenvalue weighted by Gasteiger charge is -2.09. The van der Waals surface area contributed by atoms with Gasteiger partial charge in [0.2, 0.25) is 0 Å². The highest BCUT2D eigenvalue weighted by Crippen LogP contribution is 2.22. The molecule has 0 radical (unpaired) electrons. The summed E-state index contributed by atoms with van der Waals surface area (Å²) >= 11 is 0. The number of hydrogen-bond acceptors (Lipinski definition) is 1. The van der Waals surface area contributed by atoms with Crippen molar-refractivity contribution in [2.45, 2.75) is 19.8 Å². The fourth-order valence-electron chi connectivity index (χ4n) is 1.83. The molecule has 86 valence electrons. The lowest BCUT2D eigenvalue weighted by Crippen LogP contribution is -2.03. The molecule has 2 aromatic rings. The monoisotopic (exact) mass is 224 g/mol. The van der Waals surface area contributed by atoms with Gasteiger partial charge in [-0.25, -0.2) is 0 Å². The standard InChI is InChI=1S/C16H16O/c1-12(13(2)17)14-8-10-16(11-9-14)15-6-4-3-5-7-15/h3-12H,1-2H3. The molecule has 0 saturated heterocycles. The summed E-state index contributed by atoms with van der Waals surface area (Å²) in [6.07, 6.45) is 0. The highest BCUT2D eigenvalue weighted by atomic mass is 16.1. The van der Waals surface area contributed by atoms with Gasteiger partial charge in [0.1, 0.15) is 5.78 Å². The molecule has 0 spiro atoms. The Morgan fingerprint density at radius 2 is 1.41 bits per heavy atom. The third-order valence-corrected chi connectivity index (χ3v) is 3.13. The number of carbonyl (C=O) groups is 1. The molecule has 0 fully saturated rings. The minimum Gasteiger partial charge on any atom is -0.299 e. The van der Waals surface area contributed by atoms with E-state index in [0.717, 1.165) is 5.56 Å². The van der Waals surface area contributed by atoms with Gasteiger partial charge >= 0.3 is 0 Å². The fourth-order valence-corrected chi connectivity index (χ4v) is 1.83.